The number of amides is 3. The molecule has 3 amide bonds. The molecular formula is C37H26Cl2N2O3. The van der Waals surface area contributed by atoms with Crippen LogP contribution < -0.4 is 5.32 Å². The zero-order chi connectivity index (χ0) is 30.2. The Morgan fingerprint density at radius 3 is 1.70 bits per heavy atom. The highest BCUT2D eigenvalue weighted by Crippen LogP contribution is 2.69. The second-order valence-electron chi connectivity index (χ2n) is 11.7. The van der Waals surface area contributed by atoms with Crippen molar-refractivity contribution in [2.45, 2.75) is 22.2 Å². The summed E-state index contributed by atoms with van der Waals surface area (Å²) in [6.07, 6.45) is 0.138. The Kier molecular flexibility index (Phi) is 6.03. The van der Waals surface area contributed by atoms with Gasteiger partial charge in [-0.2, -0.15) is 0 Å². The Bertz CT molecular complexity index is 1880. The van der Waals surface area contributed by atoms with Crippen LogP contribution in [-0.4, -0.2) is 28.7 Å². The average Bonchev–Trinajstić information content (AvgIpc) is 3.33. The van der Waals surface area contributed by atoms with E-state index in [9.17, 15) is 14.4 Å². The van der Waals surface area contributed by atoms with Gasteiger partial charge in [-0.25, -0.2) is 0 Å². The van der Waals surface area contributed by atoms with Crippen molar-refractivity contribution in [3.05, 3.63) is 149 Å². The summed E-state index contributed by atoms with van der Waals surface area (Å²) in [7, 11) is 0. The molecule has 0 unspecified atom stereocenters. The molecule has 9 rings (SSSR count). The molecule has 2 bridgehead atoms. The third-order valence-corrected chi connectivity index (χ3v) is 10.8. The van der Waals surface area contributed by atoms with Crippen LogP contribution in [0, 0.1) is 11.8 Å². The van der Waals surface area contributed by atoms with Crippen LogP contribution in [0.2, 0.25) is 0 Å². The van der Waals surface area contributed by atoms with Gasteiger partial charge in [0.05, 0.1) is 11.8 Å². The third kappa shape index (κ3) is 3.57. The zero-order valence-corrected chi connectivity index (χ0v) is 24.9. The van der Waals surface area contributed by atoms with Crippen LogP contribution in [0.25, 0.3) is 10.8 Å². The van der Waals surface area contributed by atoms with Gasteiger partial charge in [-0.15, -0.1) is 23.2 Å². The van der Waals surface area contributed by atoms with E-state index in [-0.39, 0.29) is 6.42 Å². The summed E-state index contributed by atoms with van der Waals surface area (Å²) in [5.74, 6) is -3.40. The van der Waals surface area contributed by atoms with Crippen LogP contribution >= 0.6 is 23.2 Å². The van der Waals surface area contributed by atoms with Crippen molar-refractivity contribution in [3.63, 3.8) is 0 Å². The van der Waals surface area contributed by atoms with Crippen molar-refractivity contribution in [2.24, 2.45) is 11.8 Å². The lowest BCUT2D eigenvalue weighted by molar-refractivity contribution is -0.146. The Morgan fingerprint density at radius 2 is 1.14 bits per heavy atom. The van der Waals surface area contributed by atoms with E-state index >= 15 is 0 Å². The molecule has 0 radical (unpaired) electrons. The summed E-state index contributed by atoms with van der Waals surface area (Å²) in [6, 6.07) is 36.7. The number of benzene rings is 5. The van der Waals surface area contributed by atoms with Gasteiger partial charge in [0.15, 0.2) is 0 Å². The minimum Gasteiger partial charge on any atom is -0.324 e. The lowest BCUT2D eigenvalue weighted by Gasteiger charge is -2.54. The van der Waals surface area contributed by atoms with E-state index in [0.717, 1.165) is 43.5 Å². The second kappa shape index (κ2) is 9.78. The number of fused-ring (bicyclic) bond motifs is 1. The Labute approximate surface area is 264 Å². The number of halogens is 2. The van der Waals surface area contributed by atoms with E-state index in [1.54, 1.807) is 0 Å². The molecule has 5 aromatic carbocycles. The van der Waals surface area contributed by atoms with Crippen molar-refractivity contribution in [2.75, 3.05) is 5.32 Å². The molecule has 4 aliphatic rings. The minimum atomic E-state index is -1.32. The molecule has 1 saturated heterocycles. The normalized spacial score (nSPS) is 25.4. The number of hydrogen-bond donors (Lipinski definition) is 1. The number of likely N-dealkylation sites (tertiary alicyclic amines) is 1. The van der Waals surface area contributed by atoms with E-state index < -0.39 is 45.3 Å². The van der Waals surface area contributed by atoms with Gasteiger partial charge in [0.1, 0.15) is 15.8 Å². The van der Waals surface area contributed by atoms with Crippen LogP contribution in [0.15, 0.2) is 121 Å². The molecule has 0 saturated carbocycles. The fourth-order valence-electron chi connectivity index (χ4n) is 7.68. The summed E-state index contributed by atoms with van der Waals surface area (Å²) < 4.78 is 0. The molecule has 5 aromatic rings. The van der Waals surface area contributed by atoms with E-state index in [4.69, 9.17) is 23.2 Å². The van der Waals surface area contributed by atoms with Crippen LogP contribution in [0.5, 0.6) is 0 Å². The number of carbonyl (C=O) groups is 3. The fraction of sp³-hybridized carbons (Fsp3) is 0.162. The van der Waals surface area contributed by atoms with Crippen molar-refractivity contribution in [1.82, 2.24) is 4.90 Å². The molecule has 0 aromatic heterocycles. The number of nitrogens with one attached hydrogen (secondary N) is 1. The number of rotatable bonds is 5. The van der Waals surface area contributed by atoms with Crippen LogP contribution in [-0.2, 0) is 30.6 Å². The predicted octanol–water partition coefficient (Wildman–Crippen LogP) is 6.98. The monoisotopic (exact) mass is 616 g/mol. The molecule has 216 valence electrons. The maximum atomic E-state index is 14.7. The first kappa shape index (κ1) is 27.1. The van der Waals surface area contributed by atoms with Crippen molar-refractivity contribution in [1.29, 1.82) is 0 Å². The van der Waals surface area contributed by atoms with E-state index in [1.807, 2.05) is 121 Å². The SMILES string of the molecule is O=C(Nc1cccc2ccccc12)[C@H](Cc1ccccc1)N1C(=O)[C@H]2[C@H](C1=O)C1(Cl)c3ccccc3C2(Cl)c2ccccc21. The number of nitrogens with zero attached hydrogens (tertiary/aromatic N) is 1. The quantitative estimate of drug-likeness (QED) is 0.171. The third-order valence-electron chi connectivity index (χ3n) is 9.55. The van der Waals surface area contributed by atoms with Gasteiger partial charge >= 0.3 is 0 Å². The molecule has 1 heterocycles. The average molecular weight is 618 g/mol. The second-order valence-corrected chi connectivity index (χ2v) is 12.9. The molecule has 3 atom stereocenters. The number of anilines is 1. The number of hydrogen-bond acceptors (Lipinski definition) is 3. The summed E-state index contributed by atoms with van der Waals surface area (Å²) in [6.45, 7) is 0. The minimum absolute atomic E-state index is 0.138. The Hall–Kier alpha value is -4.45. The van der Waals surface area contributed by atoms with E-state index in [0.29, 0.717) is 5.69 Å². The maximum absolute atomic E-state index is 14.7. The van der Waals surface area contributed by atoms with Gasteiger partial charge < -0.3 is 5.32 Å². The van der Waals surface area contributed by atoms with Crippen LogP contribution in [0.1, 0.15) is 27.8 Å². The smallest absolute Gasteiger partial charge is 0.248 e. The standard InChI is InChI=1S/C37H26Cl2N2O3/c38-36-25-16-6-7-17-26(25)37(39,28-19-9-8-18-27(28)36)32-31(36)34(43)41(35(32)44)30(21-22-11-2-1-3-12-22)33(42)40-29-20-10-14-23-13-4-5-15-24(23)29/h1-20,30-32H,21H2,(H,40,42)/t30-,31+,32+,36?,37?/m0/s1. The number of carbonyl (C=O) groups excluding carboxylic acids is 3. The van der Waals surface area contributed by atoms with Crippen LogP contribution in [0.4, 0.5) is 5.69 Å². The van der Waals surface area contributed by atoms with Crippen molar-refractivity contribution < 1.29 is 14.4 Å². The summed E-state index contributed by atoms with van der Waals surface area (Å²) in [4.78, 5) is 42.2. The van der Waals surface area contributed by atoms with E-state index in [1.165, 1.54) is 0 Å². The first-order valence-corrected chi connectivity index (χ1v) is 15.4. The molecule has 1 aliphatic heterocycles. The van der Waals surface area contributed by atoms with Crippen molar-refractivity contribution in [3.8, 4) is 0 Å². The lowest BCUT2D eigenvalue weighted by atomic mass is 9.54. The molecule has 7 heteroatoms. The van der Waals surface area contributed by atoms with Gasteiger partial charge in [-0.3, -0.25) is 19.3 Å². The number of imide groups is 1. The summed E-state index contributed by atoms with van der Waals surface area (Å²) >= 11 is 15.3. The molecule has 1 N–H and O–H groups in total. The molecule has 5 nitrogen and oxygen atoms in total. The predicted molar refractivity (Wildman–Crippen MR) is 171 cm³/mol. The van der Waals surface area contributed by atoms with Gasteiger partial charge in [-0.05, 0) is 39.3 Å². The highest BCUT2D eigenvalue weighted by molar-refractivity contribution is 6.36. The lowest BCUT2D eigenvalue weighted by Crippen LogP contribution is -2.57. The van der Waals surface area contributed by atoms with Crippen molar-refractivity contribution >= 4 is 57.4 Å². The molecule has 1 fully saturated rings. The molecule has 0 spiro atoms. The highest BCUT2D eigenvalue weighted by Gasteiger charge is 2.73. The maximum Gasteiger partial charge on any atom is 0.248 e. The Morgan fingerprint density at radius 1 is 0.659 bits per heavy atom. The van der Waals surface area contributed by atoms with Crippen LogP contribution in [0.3, 0.4) is 0 Å². The topological polar surface area (TPSA) is 66.5 Å². The summed E-state index contributed by atoms with van der Waals surface area (Å²) in [5, 5.41) is 4.87. The van der Waals surface area contributed by atoms with Gasteiger partial charge in [0.2, 0.25) is 17.7 Å². The number of alkyl halides is 2. The first-order valence-electron chi connectivity index (χ1n) is 14.6. The molecule has 44 heavy (non-hydrogen) atoms. The largest absolute Gasteiger partial charge is 0.324 e. The Balaban J connectivity index is 1.26. The first-order chi connectivity index (χ1) is 21.3. The fourth-order valence-corrected chi connectivity index (χ4v) is 8.78. The van der Waals surface area contributed by atoms with E-state index in [2.05, 4.69) is 5.32 Å². The van der Waals surface area contributed by atoms with Gasteiger partial charge in [0.25, 0.3) is 0 Å². The summed E-state index contributed by atoms with van der Waals surface area (Å²) in [5.41, 5.74) is 4.31. The molecular weight excluding hydrogens is 591 g/mol. The van der Waals surface area contributed by atoms with Gasteiger partial charge in [-0.1, -0.05) is 115 Å². The molecule has 3 aliphatic carbocycles. The highest BCUT2D eigenvalue weighted by atomic mass is 35.5. The zero-order valence-electron chi connectivity index (χ0n) is 23.4. The van der Waals surface area contributed by atoms with Gasteiger partial charge in [0, 0.05) is 17.5 Å².